The second kappa shape index (κ2) is 12.0. The molecule has 1 aliphatic rings. The monoisotopic (exact) mass is 512 g/mol. The predicted molar refractivity (Wildman–Crippen MR) is 146 cm³/mol. The minimum Gasteiger partial charge on any atom is -0.497 e. The van der Waals surface area contributed by atoms with Gasteiger partial charge in [0.25, 0.3) is 0 Å². The van der Waals surface area contributed by atoms with E-state index in [0.29, 0.717) is 12.2 Å². The topological polar surface area (TPSA) is 60.9 Å². The highest BCUT2D eigenvalue weighted by Crippen LogP contribution is 2.37. The Bertz CT molecular complexity index is 1180. The number of aryl methyl sites for hydroxylation is 1. The number of fused-ring (bicyclic) bond motifs is 1. The molecule has 37 heavy (non-hydrogen) atoms. The molecule has 8 heteroatoms. The minimum absolute atomic E-state index is 0.0750. The lowest BCUT2D eigenvalue weighted by Gasteiger charge is -2.41. The van der Waals surface area contributed by atoms with E-state index in [1.807, 2.05) is 32.4 Å². The van der Waals surface area contributed by atoms with Crippen LogP contribution in [0.5, 0.6) is 5.75 Å². The second-order valence-electron chi connectivity index (χ2n) is 10.3. The van der Waals surface area contributed by atoms with Crippen molar-refractivity contribution in [1.82, 2.24) is 9.88 Å². The number of rotatable bonds is 11. The Labute approximate surface area is 218 Å². The van der Waals surface area contributed by atoms with Gasteiger partial charge in [0.2, 0.25) is 0 Å². The molecule has 0 spiro atoms. The summed E-state index contributed by atoms with van der Waals surface area (Å²) in [5.41, 5.74) is 3.71. The number of hydrogen-bond acceptors (Lipinski definition) is 6. The highest BCUT2D eigenvalue weighted by atomic mass is 19.1. The zero-order chi connectivity index (χ0) is 26.4. The molecule has 0 radical (unpaired) electrons. The number of nitrogens with zero attached hydrogens (tertiary/aromatic N) is 3. The Balaban J connectivity index is 1.33. The summed E-state index contributed by atoms with van der Waals surface area (Å²) >= 11 is 0. The molecule has 0 amide bonds. The molecule has 2 N–H and O–H groups in total. The fourth-order valence-electron chi connectivity index (χ4n) is 5.38. The van der Waals surface area contributed by atoms with Gasteiger partial charge in [-0.15, -0.1) is 0 Å². The molecule has 0 aliphatic carbocycles. The van der Waals surface area contributed by atoms with Gasteiger partial charge in [-0.05, 0) is 86.5 Å². The molecule has 3 aromatic rings. The lowest BCUT2D eigenvalue weighted by atomic mass is 9.75. The normalized spacial score (nSPS) is 15.6. The second-order valence-corrected chi connectivity index (χ2v) is 10.3. The zero-order valence-corrected chi connectivity index (χ0v) is 22.1. The van der Waals surface area contributed by atoms with Crippen molar-refractivity contribution in [1.29, 1.82) is 0 Å². The molecule has 1 aliphatic heterocycles. The average Bonchev–Trinajstić information content (AvgIpc) is 2.88. The Kier molecular flexibility index (Phi) is 8.82. The maximum absolute atomic E-state index is 13.4. The number of benzene rings is 2. The molecule has 1 saturated heterocycles. The third-order valence-electron chi connectivity index (χ3n) is 7.65. The third kappa shape index (κ3) is 6.67. The highest BCUT2D eigenvalue weighted by molar-refractivity contribution is 5.88. The van der Waals surface area contributed by atoms with E-state index < -0.39 is 11.6 Å². The van der Waals surface area contributed by atoms with Crippen LogP contribution >= 0.6 is 0 Å². The summed E-state index contributed by atoms with van der Waals surface area (Å²) in [5.74, 6) is -0.336. The van der Waals surface area contributed by atoms with E-state index in [1.165, 1.54) is 17.7 Å². The van der Waals surface area contributed by atoms with Gasteiger partial charge in [-0.25, -0.2) is 8.78 Å². The minimum atomic E-state index is -0.579. The fourth-order valence-corrected chi connectivity index (χ4v) is 5.38. The lowest BCUT2D eigenvalue weighted by Crippen LogP contribution is -2.43. The van der Waals surface area contributed by atoms with Crippen molar-refractivity contribution in [3.05, 3.63) is 59.8 Å². The number of pyridine rings is 1. The Morgan fingerprint density at radius 2 is 1.84 bits per heavy atom. The maximum Gasteiger partial charge on any atom is 0.128 e. The van der Waals surface area contributed by atoms with Crippen molar-refractivity contribution >= 4 is 22.3 Å². The van der Waals surface area contributed by atoms with Crippen LogP contribution in [0.15, 0.2) is 42.6 Å². The van der Waals surface area contributed by atoms with Gasteiger partial charge in [-0.2, -0.15) is 0 Å². The van der Waals surface area contributed by atoms with Crippen molar-refractivity contribution in [2.45, 2.75) is 32.1 Å². The van der Waals surface area contributed by atoms with Crippen LogP contribution in [0.4, 0.5) is 20.2 Å². The number of piperidine rings is 1. The summed E-state index contributed by atoms with van der Waals surface area (Å²) in [6, 6.07) is 9.49. The molecule has 2 aromatic carbocycles. The first-order valence-corrected chi connectivity index (χ1v) is 13.0. The molecule has 1 aromatic heterocycles. The van der Waals surface area contributed by atoms with Crippen LogP contribution in [0.3, 0.4) is 0 Å². The van der Waals surface area contributed by atoms with Crippen LogP contribution in [0.2, 0.25) is 0 Å². The third-order valence-corrected chi connectivity index (χ3v) is 7.65. The van der Waals surface area contributed by atoms with Gasteiger partial charge in [0.15, 0.2) is 0 Å². The van der Waals surface area contributed by atoms with Crippen LogP contribution in [-0.2, 0) is 6.42 Å². The van der Waals surface area contributed by atoms with E-state index in [0.717, 1.165) is 80.1 Å². The van der Waals surface area contributed by atoms with Crippen LogP contribution in [0.25, 0.3) is 10.9 Å². The molecular formula is C29H38F2N4O2. The van der Waals surface area contributed by atoms with E-state index in [2.05, 4.69) is 26.2 Å². The molecule has 4 rings (SSSR count). The smallest absolute Gasteiger partial charge is 0.128 e. The molecule has 0 atom stereocenters. The number of aromatic nitrogens is 1. The molecule has 2 heterocycles. The first kappa shape index (κ1) is 27.1. The van der Waals surface area contributed by atoms with Crippen molar-refractivity contribution in [2.75, 3.05) is 64.2 Å². The summed E-state index contributed by atoms with van der Waals surface area (Å²) in [7, 11) is 5.76. The molecule has 0 bridgehead atoms. The van der Waals surface area contributed by atoms with Crippen molar-refractivity contribution in [3.8, 4) is 5.75 Å². The van der Waals surface area contributed by atoms with Gasteiger partial charge in [0.05, 0.1) is 24.5 Å². The molecule has 0 unspecified atom stereocenters. The summed E-state index contributed by atoms with van der Waals surface area (Å²) in [6.07, 6.45) is 6.65. The molecule has 200 valence electrons. The summed E-state index contributed by atoms with van der Waals surface area (Å²) in [4.78, 5) is 9.10. The SMILES string of the molecule is COc1ccc2ncc(N(C)C)c(CCCC3(CO)CCN(CCNc4cc(F)cc(F)c4)CC3)c2c1. The van der Waals surface area contributed by atoms with Crippen molar-refractivity contribution in [3.63, 3.8) is 0 Å². The van der Waals surface area contributed by atoms with Crippen molar-refractivity contribution < 1.29 is 18.6 Å². The fraction of sp³-hybridized carbons (Fsp3) is 0.483. The quantitative estimate of drug-likeness (QED) is 0.373. The van der Waals surface area contributed by atoms with Gasteiger partial charge in [-0.3, -0.25) is 4.98 Å². The van der Waals surface area contributed by atoms with Crippen LogP contribution < -0.4 is 15.0 Å². The number of aliphatic hydroxyl groups is 1. The number of halogens is 2. The van der Waals surface area contributed by atoms with E-state index in [1.54, 1.807) is 7.11 Å². The average molecular weight is 513 g/mol. The zero-order valence-electron chi connectivity index (χ0n) is 22.1. The summed E-state index contributed by atoms with van der Waals surface area (Å²) < 4.78 is 32.3. The molecule has 1 fully saturated rings. The predicted octanol–water partition coefficient (Wildman–Crippen LogP) is 5.10. The lowest BCUT2D eigenvalue weighted by molar-refractivity contribution is 0.0370. The van der Waals surface area contributed by atoms with Gasteiger partial charge in [-0.1, -0.05) is 0 Å². The van der Waals surface area contributed by atoms with E-state index >= 15 is 0 Å². The Hall–Kier alpha value is -2.97. The Morgan fingerprint density at radius 1 is 1.11 bits per heavy atom. The Morgan fingerprint density at radius 3 is 2.49 bits per heavy atom. The van der Waals surface area contributed by atoms with Gasteiger partial charge >= 0.3 is 0 Å². The highest BCUT2D eigenvalue weighted by Gasteiger charge is 2.33. The van der Waals surface area contributed by atoms with Crippen LogP contribution in [0.1, 0.15) is 31.2 Å². The maximum atomic E-state index is 13.4. The first-order chi connectivity index (χ1) is 17.8. The number of anilines is 2. The number of nitrogens with one attached hydrogen (secondary N) is 1. The standard InChI is InChI=1S/C29H38F2N4O2/c1-34(2)28-19-33-27-7-6-24(37-3)18-26(27)25(28)5-4-8-29(20-36)9-12-35(13-10-29)14-11-32-23-16-21(30)15-22(31)17-23/h6-7,15-19,32,36H,4-5,8-14,20H2,1-3H3. The number of aliphatic hydroxyl groups excluding tert-OH is 1. The van der Waals surface area contributed by atoms with Gasteiger partial charge in [0, 0.05) is 50.9 Å². The van der Waals surface area contributed by atoms with Crippen molar-refractivity contribution in [2.24, 2.45) is 5.41 Å². The van der Waals surface area contributed by atoms with E-state index in [9.17, 15) is 13.9 Å². The number of hydrogen-bond donors (Lipinski definition) is 2. The van der Waals surface area contributed by atoms with Gasteiger partial charge in [0.1, 0.15) is 17.4 Å². The first-order valence-electron chi connectivity index (χ1n) is 13.0. The largest absolute Gasteiger partial charge is 0.497 e. The summed E-state index contributed by atoms with van der Waals surface area (Å²) in [5, 5.41) is 14.6. The molecule has 0 saturated carbocycles. The molecular weight excluding hydrogens is 474 g/mol. The number of likely N-dealkylation sites (tertiary alicyclic amines) is 1. The summed E-state index contributed by atoms with van der Waals surface area (Å²) in [6.45, 7) is 3.39. The van der Waals surface area contributed by atoms with Gasteiger partial charge < -0.3 is 25.0 Å². The number of ether oxygens (including phenoxy) is 1. The molecule has 6 nitrogen and oxygen atoms in total. The van der Waals surface area contributed by atoms with E-state index in [4.69, 9.17) is 4.74 Å². The van der Waals surface area contributed by atoms with Crippen LogP contribution in [0, 0.1) is 17.0 Å². The van der Waals surface area contributed by atoms with E-state index in [-0.39, 0.29) is 12.0 Å². The van der Waals surface area contributed by atoms with Crippen LogP contribution in [-0.4, -0.2) is 69.0 Å². The number of methoxy groups -OCH3 is 1.